The number of ether oxygens (including phenoxy) is 2. The summed E-state index contributed by atoms with van der Waals surface area (Å²) in [6, 6.07) is 10.1. The first-order valence-electron chi connectivity index (χ1n) is 8.56. The van der Waals surface area contributed by atoms with Crippen molar-refractivity contribution in [2.75, 3.05) is 6.61 Å². The summed E-state index contributed by atoms with van der Waals surface area (Å²) in [7, 11) is 0. The zero-order chi connectivity index (χ0) is 19.7. The Balaban J connectivity index is 1.68. The Bertz CT molecular complexity index is 1220. The van der Waals surface area contributed by atoms with Gasteiger partial charge in [0, 0.05) is 12.5 Å². The van der Waals surface area contributed by atoms with E-state index < -0.39 is 6.10 Å². The predicted molar refractivity (Wildman–Crippen MR) is 99.9 cm³/mol. The minimum absolute atomic E-state index is 0.172. The molecular weight excluding hydrogens is 364 g/mol. The fourth-order valence-corrected chi connectivity index (χ4v) is 2.88. The fourth-order valence-electron chi connectivity index (χ4n) is 2.88. The van der Waals surface area contributed by atoms with Gasteiger partial charge >= 0.3 is 5.97 Å². The van der Waals surface area contributed by atoms with Gasteiger partial charge in [0.1, 0.15) is 29.6 Å². The van der Waals surface area contributed by atoms with Crippen LogP contribution in [0.25, 0.3) is 33.3 Å². The molecule has 0 aliphatic rings. The third-order valence-electron chi connectivity index (χ3n) is 4.10. The summed E-state index contributed by atoms with van der Waals surface area (Å²) >= 11 is 0. The molecule has 0 saturated carbocycles. The number of aromatic amines is 1. The van der Waals surface area contributed by atoms with E-state index in [-0.39, 0.29) is 18.0 Å². The lowest BCUT2D eigenvalue weighted by atomic mass is 10.1. The number of esters is 1. The number of nitrogens with one attached hydrogen (secondary N) is 1. The lowest BCUT2D eigenvalue weighted by Gasteiger charge is -2.13. The molecule has 0 aliphatic carbocycles. The molecule has 142 valence electrons. The van der Waals surface area contributed by atoms with Gasteiger partial charge in [-0.05, 0) is 42.5 Å². The highest BCUT2D eigenvalue weighted by Gasteiger charge is 2.12. The molecule has 1 unspecified atom stereocenters. The maximum absolute atomic E-state index is 12.9. The van der Waals surface area contributed by atoms with Crippen LogP contribution in [-0.2, 0) is 9.53 Å². The highest BCUT2D eigenvalue weighted by Crippen LogP contribution is 2.25. The number of fused-ring (bicyclic) bond motifs is 2. The molecule has 0 fully saturated rings. The van der Waals surface area contributed by atoms with Crippen LogP contribution in [0.1, 0.15) is 13.8 Å². The SMILES string of the molecule is CC(=O)OC(C)COc1ccc2oc3cc(-c4nn[nH]n4)ccc3c(=O)c2c1. The number of H-pyrrole nitrogens is 1. The lowest BCUT2D eigenvalue weighted by molar-refractivity contribution is -0.146. The predicted octanol–water partition coefficient (Wildman–Crippen LogP) is 2.46. The summed E-state index contributed by atoms with van der Waals surface area (Å²) < 4.78 is 16.5. The number of carbonyl (C=O) groups is 1. The Hall–Kier alpha value is -3.75. The van der Waals surface area contributed by atoms with Crippen LogP contribution in [0.3, 0.4) is 0 Å². The molecule has 2 aromatic carbocycles. The second kappa shape index (κ2) is 7.10. The van der Waals surface area contributed by atoms with Crippen molar-refractivity contribution < 1.29 is 18.7 Å². The van der Waals surface area contributed by atoms with Crippen LogP contribution < -0.4 is 10.2 Å². The van der Waals surface area contributed by atoms with Gasteiger partial charge in [0.15, 0.2) is 0 Å². The highest BCUT2D eigenvalue weighted by molar-refractivity contribution is 5.91. The van der Waals surface area contributed by atoms with Crippen LogP contribution in [0, 0.1) is 0 Å². The molecule has 0 radical (unpaired) electrons. The Morgan fingerprint density at radius 3 is 2.79 bits per heavy atom. The number of aromatic nitrogens is 4. The molecule has 1 atom stereocenters. The molecule has 1 N–H and O–H groups in total. The molecule has 0 bridgehead atoms. The summed E-state index contributed by atoms with van der Waals surface area (Å²) in [4.78, 5) is 23.9. The molecule has 9 nitrogen and oxygen atoms in total. The van der Waals surface area contributed by atoms with Gasteiger partial charge in [-0.3, -0.25) is 9.59 Å². The number of nitrogens with zero attached hydrogens (tertiary/aromatic N) is 3. The van der Waals surface area contributed by atoms with Crippen molar-refractivity contribution in [1.82, 2.24) is 20.6 Å². The normalized spacial score (nSPS) is 12.2. The molecule has 4 rings (SSSR count). The van der Waals surface area contributed by atoms with E-state index in [1.165, 1.54) is 6.92 Å². The summed E-state index contributed by atoms with van der Waals surface area (Å²) in [5.74, 6) is 0.527. The van der Waals surface area contributed by atoms with E-state index in [4.69, 9.17) is 13.9 Å². The number of benzene rings is 2. The Kier molecular flexibility index (Phi) is 4.48. The molecule has 0 aliphatic heterocycles. The number of tetrazole rings is 1. The number of carbonyl (C=O) groups excluding carboxylic acids is 1. The van der Waals surface area contributed by atoms with Gasteiger partial charge in [-0.1, -0.05) is 6.07 Å². The van der Waals surface area contributed by atoms with Gasteiger partial charge in [0.05, 0.1) is 10.8 Å². The zero-order valence-corrected chi connectivity index (χ0v) is 15.1. The number of hydrogen-bond donors (Lipinski definition) is 1. The molecule has 2 aromatic heterocycles. The van der Waals surface area contributed by atoms with Gasteiger partial charge in [0.25, 0.3) is 0 Å². The number of rotatable bonds is 5. The van der Waals surface area contributed by atoms with Crippen molar-refractivity contribution >= 4 is 27.9 Å². The van der Waals surface area contributed by atoms with Gasteiger partial charge in [-0.2, -0.15) is 5.21 Å². The van der Waals surface area contributed by atoms with Gasteiger partial charge < -0.3 is 13.9 Å². The fraction of sp³-hybridized carbons (Fsp3) is 0.211. The van der Waals surface area contributed by atoms with E-state index in [0.717, 1.165) is 0 Å². The van der Waals surface area contributed by atoms with Crippen LogP contribution in [-0.4, -0.2) is 39.3 Å². The maximum atomic E-state index is 12.9. The molecular formula is C19H16N4O5. The van der Waals surface area contributed by atoms with Gasteiger partial charge in [-0.15, -0.1) is 10.2 Å². The Labute approximate surface area is 158 Å². The first-order valence-corrected chi connectivity index (χ1v) is 8.56. The smallest absolute Gasteiger partial charge is 0.303 e. The van der Waals surface area contributed by atoms with E-state index in [1.807, 2.05) is 0 Å². The topological polar surface area (TPSA) is 120 Å². The van der Waals surface area contributed by atoms with E-state index in [0.29, 0.717) is 39.1 Å². The van der Waals surface area contributed by atoms with Crippen LogP contribution in [0.2, 0.25) is 0 Å². The lowest BCUT2D eigenvalue weighted by Crippen LogP contribution is -2.20. The van der Waals surface area contributed by atoms with Gasteiger partial charge in [0.2, 0.25) is 11.3 Å². The average molecular weight is 380 g/mol. The molecule has 0 spiro atoms. The van der Waals surface area contributed by atoms with Crippen LogP contribution >= 0.6 is 0 Å². The minimum Gasteiger partial charge on any atom is -0.490 e. The van der Waals surface area contributed by atoms with Crippen molar-refractivity contribution in [3.05, 3.63) is 46.6 Å². The highest BCUT2D eigenvalue weighted by atomic mass is 16.6. The van der Waals surface area contributed by atoms with Crippen molar-refractivity contribution in [1.29, 1.82) is 0 Å². The quantitative estimate of drug-likeness (QED) is 0.414. The maximum Gasteiger partial charge on any atom is 0.303 e. The number of hydrogen-bond acceptors (Lipinski definition) is 8. The van der Waals surface area contributed by atoms with E-state index in [2.05, 4.69) is 20.6 Å². The van der Waals surface area contributed by atoms with Crippen LogP contribution in [0.5, 0.6) is 5.75 Å². The zero-order valence-electron chi connectivity index (χ0n) is 15.1. The standard InChI is InChI=1S/C19H16N4O5/c1-10(27-11(2)24)9-26-13-4-6-16-15(8-13)18(25)14-5-3-12(7-17(14)28-16)19-20-22-23-21-19/h3-8,10H,9H2,1-2H3,(H,20,21,22,23). The van der Waals surface area contributed by atoms with Crippen molar-refractivity contribution in [2.45, 2.75) is 20.0 Å². The first-order chi connectivity index (χ1) is 13.5. The largest absolute Gasteiger partial charge is 0.490 e. The molecule has 2 heterocycles. The van der Waals surface area contributed by atoms with Crippen LogP contribution in [0.4, 0.5) is 0 Å². The van der Waals surface area contributed by atoms with Crippen molar-refractivity contribution in [3.8, 4) is 17.1 Å². The third kappa shape index (κ3) is 3.41. The van der Waals surface area contributed by atoms with Gasteiger partial charge in [-0.25, -0.2) is 0 Å². The molecule has 0 amide bonds. The monoisotopic (exact) mass is 380 g/mol. The summed E-state index contributed by atoms with van der Waals surface area (Å²) in [5.41, 5.74) is 1.37. The second-order valence-electron chi connectivity index (χ2n) is 6.27. The average Bonchev–Trinajstić information content (AvgIpc) is 3.21. The van der Waals surface area contributed by atoms with E-state index in [1.54, 1.807) is 43.3 Å². The summed E-state index contributed by atoms with van der Waals surface area (Å²) in [6.45, 7) is 3.25. The summed E-state index contributed by atoms with van der Waals surface area (Å²) in [5, 5.41) is 14.6. The second-order valence-corrected chi connectivity index (χ2v) is 6.27. The first kappa shape index (κ1) is 17.7. The molecule has 28 heavy (non-hydrogen) atoms. The molecule has 4 aromatic rings. The van der Waals surface area contributed by atoms with Crippen LogP contribution in [0.15, 0.2) is 45.6 Å². The third-order valence-corrected chi connectivity index (χ3v) is 4.10. The summed E-state index contributed by atoms with van der Waals surface area (Å²) in [6.07, 6.45) is -0.398. The van der Waals surface area contributed by atoms with Crippen molar-refractivity contribution in [3.63, 3.8) is 0 Å². The van der Waals surface area contributed by atoms with E-state index >= 15 is 0 Å². The van der Waals surface area contributed by atoms with Crippen molar-refractivity contribution in [2.24, 2.45) is 0 Å². The minimum atomic E-state index is -0.398. The molecule has 0 saturated heterocycles. The molecule has 9 heteroatoms. The van der Waals surface area contributed by atoms with E-state index in [9.17, 15) is 9.59 Å². The Morgan fingerprint density at radius 2 is 2.04 bits per heavy atom. The Morgan fingerprint density at radius 1 is 1.18 bits per heavy atom.